The fourth-order valence-corrected chi connectivity index (χ4v) is 3.39. The second-order valence-electron chi connectivity index (χ2n) is 7.33. The third-order valence-corrected chi connectivity index (χ3v) is 4.87. The van der Waals surface area contributed by atoms with Gasteiger partial charge in [0.1, 0.15) is 12.4 Å². The van der Waals surface area contributed by atoms with Crippen molar-refractivity contribution in [2.45, 2.75) is 19.7 Å². The molecule has 0 amide bonds. The Kier molecular flexibility index (Phi) is 7.28. The first-order chi connectivity index (χ1) is 14.2. The molecule has 0 aliphatic heterocycles. The first kappa shape index (κ1) is 21.6. The van der Waals surface area contributed by atoms with E-state index in [1.165, 1.54) is 17.2 Å². The van der Waals surface area contributed by atoms with E-state index in [0.29, 0.717) is 6.61 Å². The molecule has 154 valence electrons. The summed E-state index contributed by atoms with van der Waals surface area (Å²) in [5.74, 6) is 0.742. The molecule has 1 aromatic heterocycles. The third-order valence-electron chi connectivity index (χ3n) is 4.87. The van der Waals surface area contributed by atoms with Gasteiger partial charge < -0.3 is 9.72 Å². The van der Waals surface area contributed by atoms with E-state index in [4.69, 9.17) is 4.74 Å². The van der Waals surface area contributed by atoms with E-state index in [-0.39, 0.29) is 18.0 Å². The van der Waals surface area contributed by atoms with Crippen LogP contribution < -0.4 is 10.3 Å². The van der Waals surface area contributed by atoms with Gasteiger partial charge in [-0.15, -0.1) is 12.4 Å². The summed E-state index contributed by atoms with van der Waals surface area (Å²) in [4.78, 5) is 16.6. The normalized spacial score (nSPS) is 10.7. The molecule has 4 aromatic rings. The molecular formula is C25H25ClN2O2. The summed E-state index contributed by atoms with van der Waals surface area (Å²) in [7, 11) is 2.13. The molecule has 0 unspecified atom stereocenters. The maximum absolute atomic E-state index is 11.5. The molecule has 3 aromatic carbocycles. The van der Waals surface area contributed by atoms with Gasteiger partial charge >= 0.3 is 0 Å². The summed E-state index contributed by atoms with van der Waals surface area (Å²) in [6, 6.07) is 28.1. The number of nitrogens with one attached hydrogen (secondary N) is 1. The summed E-state index contributed by atoms with van der Waals surface area (Å²) in [6.07, 6.45) is 0. The highest BCUT2D eigenvalue weighted by atomic mass is 35.5. The molecule has 0 bridgehead atoms. The van der Waals surface area contributed by atoms with Crippen molar-refractivity contribution in [2.75, 3.05) is 7.05 Å². The van der Waals surface area contributed by atoms with Gasteiger partial charge in [-0.1, -0.05) is 54.6 Å². The van der Waals surface area contributed by atoms with Crippen LogP contribution in [0.1, 0.15) is 16.7 Å². The molecule has 0 aliphatic rings. The zero-order valence-corrected chi connectivity index (χ0v) is 17.7. The second kappa shape index (κ2) is 10.1. The van der Waals surface area contributed by atoms with Gasteiger partial charge in [0.2, 0.25) is 5.56 Å². The number of benzene rings is 3. The minimum Gasteiger partial charge on any atom is -0.489 e. The molecule has 1 N–H and O–H groups in total. The van der Waals surface area contributed by atoms with Crippen molar-refractivity contribution in [1.82, 2.24) is 9.88 Å². The van der Waals surface area contributed by atoms with Crippen LogP contribution in [-0.4, -0.2) is 16.9 Å². The van der Waals surface area contributed by atoms with Crippen LogP contribution in [-0.2, 0) is 19.7 Å². The van der Waals surface area contributed by atoms with Crippen molar-refractivity contribution in [2.24, 2.45) is 0 Å². The Hall–Kier alpha value is -3.08. The lowest BCUT2D eigenvalue weighted by atomic mass is 10.1. The van der Waals surface area contributed by atoms with E-state index in [1.807, 2.05) is 30.3 Å². The number of halogens is 1. The minimum atomic E-state index is -0.109. The Morgan fingerprint density at radius 1 is 0.800 bits per heavy atom. The first-order valence-corrected chi connectivity index (χ1v) is 9.72. The van der Waals surface area contributed by atoms with E-state index in [2.05, 4.69) is 65.5 Å². The smallest absolute Gasteiger partial charge is 0.248 e. The van der Waals surface area contributed by atoms with Gasteiger partial charge in [-0.25, -0.2) is 0 Å². The van der Waals surface area contributed by atoms with Crippen LogP contribution in [0.2, 0.25) is 0 Å². The van der Waals surface area contributed by atoms with Crippen LogP contribution in [0.15, 0.2) is 89.7 Å². The number of nitrogens with zero attached hydrogens (tertiary/aromatic N) is 1. The van der Waals surface area contributed by atoms with Crippen LogP contribution in [0.4, 0.5) is 0 Å². The zero-order chi connectivity index (χ0) is 20.1. The largest absolute Gasteiger partial charge is 0.489 e. The van der Waals surface area contributed by atoms with Gasteiger partial charge in [0.25, 0.3) is 0 Å². The molecule has 0 saturated carbocycles. The molecule has 30 heavy (non-hydrogen) atoms. The van der Waals surface area contributed by atoms with Crippen molar-refractivity contribution in [3.63, 3.8) is 0 Å². The van der Waals surface area contributed by atoms with Gasteiger partial charge in [-0.2, -0.15) is 0 Å². The highest BCUT2D eigenvalue weighted by Gasteiger charge is 2.03. The fraction of sp³-hybridized carbons (Fsp3) is 0.160. The number of ether oxygens (including phenoxy) is 1. The summed E-state index contributed by atoms with van der Waals surface area (Å²) in [5, 5.41) is 0.987. The standard InChI is InChI=1S/C25H24N2O2.ClH/c1-27(16-19-5-3-2-4-6-19)17-20-7-9-21(10-8-20)18-29-23-13-11-22-12-14-25(28)26-24(22)15-23;/h2-15H,16-18H2,1H3,(H,26,28);1H. The number of hydrogen-bond donors (Lipinski definition) is 1. The highest BCUT2D eigenvalue weighted by Crippen LogP contribution is 2.19. The molecule has 0 saturated heterocycles. The number of fused-ring (bicyclic) bond motifs is 1. The molecule has 4 nitrogen and oxygen atoms in total. The first-order valence-electron chi connectivity index (χ1n) is 9.72. The quantitative estimate of drug-likeness (QED) is 0.449. The third kappa shape index (κ3) is 5.72. The van der Waals surface area contributed by atoms with Crippen LogP contribution in [0.3, 0.4) is 0 Å². The number of aromatic nitrogens is 1. The average molecular weight is 421 g/mol. The van der Waals surface area contributed by atoms with Gasteiger partial charge in [0.05, 0.1) is 5.52 Å². The van der Waals surface area contributed by atoms with Gasteiger partial charge in [0, 0.05) is 25.2 Å². The summed E-state index contributed by atoms with van der Waals surface area (Å²) < 4.78 is 5.91. The lowest BCUT2D eigenvalue weighted by molar-refractivity contribution is 0.306. The SMILES string of the molecule is CN(Cc1ccccc1)Cc1ccc(COc2ccc3ccc(=O)[nH]c3c2)cc1.Cl. The number of rotatable bonds is 7. The highest BCUT2D eigenvalue weighted by molar-refractivity contribution is 5.85. The van der Waals surface area contributed by atoms with E-state index in [1.54, 1.807) is 0 Å². The van der Waals surface area contributed by atoms with Crippen molar-refractivity contribution < 1.29 is 4.74 Å². The second-order valence-corrected chi connectivity index (χ2v) is 7.33. The van der Waals surface area contributed by atoms with Crippen LogP contribution >= 0.6 is 12.4 Å². The summed E-state index contributed by atoms with van der Waals surface area (Å²) in [6.45, 7) is 2.31. The Labute approximate surface area is 182 Å². The maximum atomic E-state index is 11.5. The van der Waals surface area contributed by atoms with E-state index < -0.39 is 0 Å². The number of pyridine rings is 1. The molecular weight excluding hydrogens is 396 g/mol. The minimum absolute atomic E-state index is 0. The Balaban J connectivity index is 0.00000256. The van der Waals surface area contributed by atoms with Crippen molar-refractivity contribution >= 4 is 23.3 Å². The number of aromatic amines is 1. The lowest BCUT2D eigenvalue weighted by Crippen LogP contribution is -2.17. The Morgan fingerprint density at radius 2 is 1.43 bits per heavy atom. The number of hydrogen-bond acceptors (Lipinski definition) is 3. The van der Waals surface area contributed by atoms with E-state index >= 15 is 0 Å². The van der Waals surface area contributed by atoms with Gasteiger partial charge in [-0.05, 0) is 47.3 Å². The maximum Gasteiger partial charge on any atom is 0.248 e. The predicted octanol–water partition coefficient (Wildman–Crippen LogP) is 5.16. The van der Waals surface area contributed by atoms with Gasteiger partial charge in [-0.3, -0.25) is 9.69 Å². The summed E-state index contributed by atoms with van der Waals surface area (Å²) >= 11 is 0. The Bertz CT molecular complexity index is 1140. The van der Waals surface area contributed by atoms with Crippen molar-refractivity contribution in [1.29, 1.82) is 0 Å². The van der Waals surface area contributed by atoms with Crippen molar-refractivity contribution in [3.8, 4) is 5.75 Å². The topological polar surface area (TPSA) is 45.3 Å². The molecule has 0 fully saturated rings. The van der Waals surface area contributed by atoms with E-state index in [0.717, 1.165) is 35.3 Å². The van der Waals surface area contributed by atoms with Gasteiger partial charge in [0.15, 0.2) is 0 Å². The predicted molar refractivity (Wildman–Crippen MR) is 124 cm³/mol. The average Bonchev–Trinajstić information content (AvgIpc) is 2.73. The molecule has 0 aliphatic carbocycles. The molecule has 1 heterocycles. The summed E-state index contributed by atoms with van der Waals surface area (Å²) in [5.41, 5.74) is 4.38. The Morgan fingerprint density at radius 3 is 2.17 bits per heavy atom. The fourth-order valence-electron chi connectivity index (χ4n) is 3.39. The molecule has 4 rings (SSSR count). The molecule has 0 atom stereocenters. The van der Waals surface area contributed by atoms with Crippen LogP contribution in [0, 0.1) is 0 Å². The van der Waals surface area contributed by atoms with Crippen molar-refractivity contribution in [3.05, 3.63) is 112 Å². The molecule has 0 radical (unpaired) electrons. The molecule has 5 heteroatoms. The lowest BCUT2D eigenvalue weighted by Gasteiger charge is -2.17. The zero-order valence-electron chi connectivity index (χ0n) is 16.9. The molecule has 0 spiro atoms. The number of H-pyrrole nitrogens is 1. The van der Waals surface area contributed by atoms with Crippen LogP contribution in [0.5, 0.6) is 5.75 Å². The van der Waals surface area contributed by atoms with E-state index in [9.17, 15) is 4.79 Å². The van der Waals surface area contributed by atoms with Crippen LogP contribution in [0.25, 0.3) is 10.9 Å². The monoisotopic (exact) mass is 420 g/mol.